The number of Topliss-reactive ketones (excluding diaryl/α,β-unsaturated/α-hetero) is 1. The molecular weight excluding hydrogens is 448 g/mol. The second-order valence-electron chi connectivity index (χ2n) is 7.33. The predicted octanol–water partition coefficient (Wildman–Crippen LogP) is 5.03. The largest absolute Gasteiger partial charge is 0.435 e. The van der Waals surface area contributed by atoms with Crippen LogP contribution in [0.4, 0.5) is 8.78 Å². The van der Waals surface area contributed by atoms with E-state index in [1.807, 2.05) is 61.7 Å². The smallest absolute Gasteiger partial charge is 0.387 e. The molecule has 2 heterocycles. The molecule has 0 aliphatic rings. The van der Waals surface area contributed by atoms with E-state index in [0.717, 1.165) is 22.8 Å². The summed E-state index contributed by atoms with van der Waals surface area (Å²) in [4.78, 5) is 13.3. The summed E-state index contributed by atoms with van der Waals surface area (Å²) in [5, 5.41) is 11.9. The summed E-state index contributed by atoms with van der Waals surface area (Å²) in [7, 11) is 0. The molecule has 33 heavy (non-hydrogen) atoms. The lowest BCUT2D eigenvalue weighted by Gasteiger charge is -2.13. The number of alkyl halides is 2. The highest BCUT2D eigenvalue weighted by Gasteiger charge is 2.24. The Hall–Kier alpha value is -3.53. The number of para-hydroxylation sites is 1. The van der Waals surface area contributed by atoms with Crippen molar-refractivity contribution in [3.05, 3.63) is 77.6 Å². The van der Waals surface area contributed by atoms with Gasteiger partial charge in [-0.1, -0.05) is 30.0 Å². The topological polar surface area (TPSA) is 74.8 Å². The molecule has 0 N–H and O–H groups in total. The zero-order valence-electron chi connectivity index (χ0n) is 18.1. The summed E-state index contributed by atoms with van der Waals surface area (Å²) in [6.45, 7) is 2.69. The lowest BCUT2D eigenvalue weighted by Crippen LogP contribution is -2.15. The van der Waals surface area contributed by atoms with Gasteiger partial charge in [0.1, 0.15) is 5.75 Å². The van der Waals surface area contributed by atoms with Crippen molar-refractivity contribution in [2.45, 2.75) is 37.8 Å². The van der Waals surface area contributed by atoms with Gasteiger partial charge in [0.15, 0.2) is 5.78 Å². The highest BCUT2D eigenvalue weighted by atomic mass is 32.2. The Bertz CT molecular complexity index is 1260. The van der Waals surface area contributed by atoms with Crippen molar-refractivity contribution in [2.75, 3.05) is 0 Å². The van der Waals surface area contributed by atoms with Crippen LogP contribution in [0.15, 0.2) is 65.8 Å². The number of hydrogen-bond donors (Lipinski definition) is 0. The molecule has 0 saturated heterocycles. The van der Waals surface area contributed by atoms with Crippen molar-refractivity contribution in [1.82, 2.24) is 24.8 Å². The number of tetrazole rings is 1. The maximum absolute atomic E-state index is 13.3. The monoisotopic (exact) mass is 469 g/mol. The Morgan fingerprint density at radius 2 is 1.73 bits per heavy atom. The molecule has 0 saturated carbocycles. The first-order valence-corrected chi connectivity index (χ1v) is 11.0. The van der Waals surface area contributed by atoms with Crippen LogP contribution in [0.5, 0.6) is 5.75 Å². The van der Waals surface area contributed by atoms with E-state index in [4.69, 9.17) is 0 Å². The van der Waals surface area contributed by atoms with Crippen LogP contribution in [0, 0.1) is 13.8 Å². The van der Waals surface area contributed by atoms with E-state index in [1.165, 1.54) is 23.9 Å². The number of aryl methyl sites for hydroxylation is 1. The second kappa shape index (κ2) is 9.53. The van der Waals surface area contributed by atoms with Crippen LogP contribution in [0.3, 0.4) is 0 Å². The van der Waals surface area contributed by atoms with Crippen molar-refractivity contribution in [1.29, 1.82) is 0 Å². The van der Waals surface area contributed by atoms with E-state index in [0.29, 0.717) is 10.7 Å². The summed E-state index contributed by atoms with van der Waals surface area (Å²) in [5.41, 5.74) is 3.75. The third-order valence-electron chi connectivity index (χ3n) is 5.11. The van der Waals surface area contributed by atoms with Crippen molar-refractivity contribution < 1.29 is 18.3 Å². The molecule has 0 aliphatic heterocycles. The molecule has 0 spiro atoms. The Morgan fingerprint density at radius 3 is 2.39 bits per heavy atom. The summed E-state index contributed by atoms with van der Waals surface area (Å²) in [5.74, 6) is 0.0216. The Kier molecular flexibility index (Phi) is 6.55. The normalized spacial score (nSPS) is 12.2. The van der Waals surface area contributed by atoms with Crippen molar-refractivity contribution in [2.24, 2.45) is 0 Å². The number of benzene rings is 2. The first-order chi connectivity index (χ1) is 15.8. The number of hydrogen-bond acceptors (Lipinski definition) is 6. The second-order valence-corrected chi connectivity index (χ2v) is 8.63. The standard InChI is InChI=1S/C23H21F2N5O2S/c1-14-13-20(15(2)29(14)17-9-11-19(12-10-17)32-22(24)25)21(31)16(3)33-23-26-27-28-30(23)18-7-5-4-6-8-18/h4-13,16,22H,1-3H3. The van der Waals surface area contributed by atoms with Crippen LogP contribution < -0.4 is 4.74 Å². The lowest BCUT2D eigenvalue weighted by molar-refractivity contribution is -0.0498. The SMILES string of the molecule is Cc1cc(C(=O)C(C)Sc2nnnn2-c2ccccc2)c(C)n1-c1ccc(OC(F)F)cc1. The number of carbonyl (C=O) groups excluding carboxylic acids is 1. The van der Waals surface area contributed by atoms with Crippen LogP contribution in [-0.4, -0.2) is 42.4 Å². The number of carbonyl (C=O) groups is 1. The molecule has 7 nitrogen and oxygen atoms in total. The molecule has 1 atom stereocenters. The van der Waals surface area contributed by atoms with Gasteiger partial charge in [-0.3, -0.25) is 4.79 Å². The minimum absolute atomic E-state index is 0.0559. The van der Waals surface area contributed by atoms with Crippen LogP contribution in [-0.2, 0) is 0 Å². The molecule has 2 aromatic heterocycles. The van der Waals surface area contributed by atoms with Gasteiger partial charge >= 0.3 is 6.61 Å². The predicted molar refractivity (Wildman–Crippen MR) is 121 cm³/mol. The Balaban J connectivity index is 1.56. The average molecular weight is 470 g/mol. The summed E-state index contributed by atoms with van der Waals surface area (Å²) < 4.78 is 32.8. The summed E-state index contributed by atoms with van der Waals surface area (Å²) in [6.07, 6.45) is 0. The molecule has 4 aromatic rings. The quantitative estimate of drug-likeness (QED) is 0.266. The highest BCUT2D eigenvalue weighted by molar-refractivity contribution is 8.00. The number of halogens is 2. The highest BCUT2D eigenvalue weighted by Crippen LogP contribution is 2.29. The van der Waals surface area contributed by atoms with Crippen molar-refractivity contribution >= 4 is 17.5 Å². The van der Waals surface area contributed by atoms with Gasteiger partial charge in [0.25, 0.3) is 0 Å². The van der Waals surface area contributed by atoms with E-state index in [-0.39, 0.29) is 11.5 Å². The van der Waals surface area contributed by atoms with Crippen molar-refractivity contribution in [3.8, 4) is 17.1 Å². The number of ether oxygens (including phenoxy) is 1. The van der Waals surface area contributed by atoms with E-state index >= 15 is 0 Å². The van der Waals surface area contributed by atoms with E-state index in [9.17, 15) is 13.6 Å². The van der Waals surface area contributed by atoms with E-state index in [1.54, 1.807) is 16.8 Å². The molecule has 0 aliphatic carbocycles. The number of thioether (sulfide) groups is 1. The third kappa shape index (κ3) is 4.80. The summed E-state index contributed by atoms with van der Waals surface area (Å²) >= 11 is 1.28. The number of rotatable bonds is 8. The Morgan fingerprint density at radius 1 is 1.03 bits per heavy atom. The summed E-state index contributed by atoms with van der Waals surface area (Å²) in [6, 6.07) is 17.6. The molecule has 2 aromatic carbocycles. The molecule has 170 valence electrons. The first-order valence-electron chi connectivity index (χ1n) is 10.1. The molecular formula is C23H21F2N5O2S. The zero-order chi connectivity index (χ0) is 23.5. The average Bonchev–Trinajstić information content (AvgIpc) is 3.38. The van der Waals surface area contributed by atoms with Gasteiger partial charge < -0.3 is 9.30 Å². The van der Waals surface area contributed by atoms with Crippen LogP contribution in [0.1, 0.15) is 28.7 Å². The molecule has 0 fully saturated rings. The van der Waals surface area contributed by atoms with E-state index < -0.39 is 11.9 Å². The minimum atomic E-state index is -2.88. The van der Waals surface area contributed by atoms with E-state index in [2.05, 4.69) is 20.3 Å². The first kappa shape index (κ1) is 22.7. The van der Waals surface area contributed by atoms with Gasteiger partial charge in [-0.05, 0) is 73.7 Å². The number of nitrogens with zero attached hydrogens (tertiary/aromatic N) is 5. The van der Waals surface area contributed by atoms with Gasteiger partial charge in [0.2, 0.25) is 5.16 Å². The van der Waals surface area contributed by atoms with Crippen LogP contribution >= 0.6 is 11.8 Å². The fourth-order valence-electron chi connectivity index (χ4n) is 3.60. The molecule has 0 amide bonds. The van der Waals surface area contributed by atoms with Gasteiger partial charge in [-0.2, -0.15) is 13.5 Å². The van der Waals surface area contributed by atoms with Gasteiger partial charge in [-0.15, -0.1) is 5.10 Å². The molecule has 0 bridgehead atoms. The number of aromatic nitrogens is 5. The van der Waals surface area contributed by atoms with Gasteiger partial charge in [0, 0.05) is 22.6 Å². The van der Waals surface area contributed by atoms with Gasteiger partial charge in [0.05, 0.1) is 10.9 Å². The van der Waals surface area contributed by atoms with Crippen molar-refractivity contribution in [3.63, 3.8) is 0 Å². The fourth-order valence-corrected chi connectivity index (χ4v) is 4.48. The number of ketones is 1. The van der Waals surface area contributed by atoms with Crippen LogP contribution in [0.2, 0.25) is 0 Å². The molecule has 1 unspecified atom stereocenters. The van der Waals surface area contributed by atoms with Gasteiger partial charge in [-0.25, -0.2) is 0 Å². The third-order valence-corrected chi connectivity index (χ3v) is 6.14. The lowest BCUT2D eigenvalue weighted by atomic mass is 10.1. The molecule has 10 heteroatoms. The minimum Gasteiger partial charge on any atom is -0.435 e. The maximum Gasteiger partial charge on any atom is 0.387 e. The molecule has 0 radical (unpaired) electrons. The Labute approximate surface area is 193 Å². The zero-order valence-corrected chi connectivity index (χ0v) is 19.0. The maximum atomic E-state index is 13.3. The van der Waals surface area contributed by atoms with Crippen LogP contribution in [0.25, 0.3) is 11.4 Å². The molecule has 4 rings (SSSR count). The fraction of sp³-hybridized carbons (Fsp3) is 0.217.